The number of hydrogen-bond donors (Lipinski definition) is 1. The first-order valence-corrected chi connectivity index (χ1v) is 7.22. The van der Waals surface area contributed by atoms with E-state index < -0.39 is 0 Å². The number of methoxy groups -OCH3 is 1. The highest BCUT2D eigenvalue weighted by Gasteiger charge is 2.33. The Labute approximate surface area is 110 Å². The van der Waals surface area contributed by atoms with Crippen LogP contribution in [-0.4, -0.2) is 42.6 Å². The molecule has 4 nitrogen and oxygen atoms in total. The molecule has 0 aromatic carbocycles. The fraction of sp³-hybridized carbons (Fsp3) is 0.929. The van der Waals surface area contributed by atoms with Gasteiger partial charge in [0.15, 0.2) is 0 Å². The second kappa shape index (κ2) is 6.02. The van der Waals surface area contributed by atoms with Crippen LogP contribution in [0, 0.1) is 0 Å². The number of nitrogens with two attached hydrogens (primary N) is 1. The average molecular weight is 254 g/mol. The molecule has 0 aromatic rings. The minimum absolute atomic E-state index is 0.211. The number of amides is 1. The normalized spacial score (nSPS) is 28.1. The number of nitrogens with zero attached hydrogens (tertiary/aromatic N) is 1. The Hall–Kier alpha value is -0.610. The summed E-state index contributed by atoms with van der Waals surface area (Å²) in [4.78, 5) is 14.3. The monoisotopic (exact) mass is 254 g/mol. The second-order valence-electron chi connectivity index (χ2n) is 5.94. The molecule has 1 atom stereocenters. The van der Waals surface area contributed by atoms with Crippen LogP contribution in [0.2, 0.25) is 0 Å². The van der Waals surface area contributed by atoms with E-state index in [9.17, 15) is 4.79 Å². The van der Waals surface area contributed by atoms with Crippen LogP contribution in [0.15, 0.2) is 0 Å². The van der Waals surface area contributed by atoms with Crippen LogP contribution >= 0.6 is 0 Å². The van der Waals surface area contributed by atoms with Crippen molar-refractivity contribution in [2.75, 3.05) is 20.2 Å². The van der Waals surface area contributed by atoms with Crippen molar-refractivity contribution in [1.82, 2.24) is 4.90 Å². The Morgan fingerprint density at radius 2 is 2.06 bits per heavy atom. The molecule has 2 fully saturated rings. The highest BCUT2D eigenvalue weighted by molar-refractivity contribution is 5.77. The molecule has 2 rings (SSSR count). The summed E-state index contributed by atoms with van der Waals surface area (Å²) in [6, 6.07) is 0. The summed E-state index contributed by atoms with van der Waals surface area (Å²) in [5.74, 6) is 0.223. The van der Waals surface area contributed by atoms with Crippen LogP contribution < -0.4 is 5.73 Å². The summed E-state index contributed by atoms with van der Waals surface area (Å²) in [6.45, 7) is 1.61. The third-order valence-electron chi connectivity index (χ3n) is 4.42. The number of carbonyl (C=O) groups excluding carboxylic acids is 1. The highest BCUT2D eigenvalue weighted by atomic mass is 16.5. The summed E-state index contributed by atoms with van der Waals surface area (Å²) in [7, 11) is 1.73. The van der Waals surface area contributed by atoms with Crippen LogP contribution in [0.4, 0.5) is 0 Å². The summed E-state index contributed by atoms with van der Waals surface area (Å²) >= 11 is 0. The number of rotatable bonds is 3. The van der Waals surface area contributed by atoms with Gasteiger partial charge in [-0.1, -0.05) is 19.3 Å². The van der Waals surface area contributed by atoms with E-state index in [1.54, 1.807) is 7.11 Å². The van der Waals surface area contributed by atoms with Crippen molar-refractivity contribution >= 4 is 5.91 Å². The number of hydrogen-bond acceptors (Lipinski definition) is 3. The predicted octanol–water partition coefficient (Wildman–Crippen LogP) is 1.68. The first kappa shape index (κ1) is 13.8. The minimum atomic E-state index is -0.241. The summed E-state index contributed by atoms with van der Waals surface area (Å²) in [5, 5.41) is 0. The number of ether oxygens (including phenoxy) is 1. The molecule has 0 spiro atoms. The Bertz CT molecular complexity index is 288. The zero-order chi connectivity index (χ0) is 13.0. The van der Waals surface area contributed by atoms with Crippen molar-refractivity contribution < 1.29 is 9.53 Å². The first-order chi connectivity index (χ1) is 8.63. The van der Waals surface area contributed by atoms with Gasteiger partial charge in [0.25, 0.3) is 0 Å². The van der Waals surface area contributed by atoms with E-state index >= 15 is 0 Å². The zero-order valence-corrected chi connectivity index (χ0v) is 11.5. The van der Waals surface area contributed by atoms with Gasteiger partial charge < -0.3 is 15.4 Å². The Balaban J connectivity index is 1.86. The SMILES string of the molecule is COC1CCCN(C(=O)CC2(N)CCCCC2)C1. The maximum Gasteiger partial charge on any atom is 0.224 e. The lowest BCUT2D eigenvalue weighted by Crippen LogP contribution is -2.49. The smallest absolute Gasteiger partial charge is 0.224 e. The van der Waals surface area contributed by atoms with Gasteiger partial charge in [-0.3, -0.25) is 4.79 Å². The lowest BCUT2D eigenvalue weighted by molar-refractivity contribution is -0.136. The molecule has 0 aromatic heterocycles. The quantitative estimate of drug-likeness (QED) is 0.833. The number of carbonyl (C=O) groups is 1. The Morgan fingerprint density at radius 1 is 1.33 bits per heavy atom. The van der Waals surface area contributed by atoms with Crippen LogP contribution in [0.3, 0.4) is 0 Å². The van der Waals surface area contributed by atoms with Gasteiger partial charge in [0.1, 0.15) is 0 Å². The minimum Gasteiger partial charge on any atom is -0.380 e. The lowest BCUT2D eigenvalue weighted by Gasteiger charge is -2.37. The van der Waals surface area contributed by atoms with E-state index in [-0.39, 0.29) is 17.6 Å². The largest absolute Gasteiger partial charge is 0.380 e. The van der Waals surface area contributed by atoms with Crippen LogP contribution in [0.5, 0.6) is 0 Å². The molecule has 2 N–H and O–H groups in total. The van der Waals surface area contributed by atoms with Gasteiger partial charge in [-0.2, -0.15) is 0 Å². The average Bonchev–Trinajstić information content (AvgIpc) is 2.39. The van der Waals surface area contributed by atoms with Gasteiger partial charge in [-0.15, -0.1) is 0 Å². The topological polar surface area (TPSA) is 55.6 Å². The first-order valence-electron chi connectivity index (χ1n) is 7.22. The molecule has 1 saturated heterocycles. The van der Waals surface area contributed by atoms with Crippen molar-refractivity contribution in [3.05, 3.63) is 0 Å². The van der Waals surface area contributed by atoms with E-state index in [1.165, 1.54) is 19.3 Å². The predicted molar refractivity (Wildman–Crippen MR) is 71.2 cm³/mol. The third-order valence-corrected chi connectivity index (χ3v) is 4.42. The maximum absolute atomic E-state index is 12.3. The molecule has 1 heterocycles. The molecule has 104 valence electrons. The van der Waals surface area contributed by atoms with Gasteiger partial charge in [0.2, 0.25) is 5.91 Å². The molecule has 1 amide bonds. The highest BCUT2D eigenvalue weighted by Crippen LogP contribution is 2.29. The maximum atomic E-state index is 12.3. The molecule has 0 radical (unpaired) electrons. The standard InChI is InChI=1S/C14H26N2O2/c1-18-12-6-5-9-16(11-12)13(17)10-14(15)7-3-2-4-8-14/h12H,2-11,15H2,1H3. The third kappa shape index (κ3) is 3.45. The molecule has 18 heavy (non-hydrogen) atoms. The lowest BCUT2D eigenvalue weighted by atomic mass is 9.80. The fourth-order valence-corrected chi connectivity index (χ4v) is 3.20. The molecule has 1 saturated carbocycles. The van der Waals surface area contributed by atoms with Gasteiger partial charge in [0, 0.05) is 32.2 Å². The van der Waals surface area contributed by atoms with Crippen molar-refractivity contribution in [2.45, 2.75) is 63.0 Å². The molecule has 1 unspecified atom stereocenters. The molecule has 1 aliphatic carbocycles. The van der Waals surface area contributed by atoms with E-state index in [0.717, 1.165) is 38.8 Å². The van der Waals surface area contributed by atoms with Gasteiger partial charge in [0.05, 0.1) is 6.10 Å². The summed E-state index contributed by atoms with van der Waals surface area (Å²) < 4.78 is 5.36. The molecular formula is C14H26N2O2. The van der Waals surface area contributed by atoms with Gasteiger partial charge in [-0.25, -0.2) is 0 Å². The van der Waals surface area contributed by atoms with E-state index in [0.29, 0.717) is 6.42 Å². The number of piperidine rings is 1. The zero-order valence-electron chi connectivity index (χ0n) is 11.5. The van der Waals surface area contributed by atoms with Crippen molar-refractivity contribution in [1.29, 1.82) is 0 Å². The molecule has 0 bridgehead atoms. The second-order valence-corrected chi connectivity index (χ2v) is 5.94. The molecular weight excluding hydrogens is 228 g/mol. The van der Waals surface area contributed by atoms with Crippen LogP contribution in [-0.2, 0) is 9.53 Å². The van der Waals surface area contributed by atoms with Crippen LogP contribution in [0.1, 0.15) is 51.4 Å². The fourth-order valence-electron chi connectivity index (χ4n) is 3.20. The van der Waals surface area contributed by atoms with Crippen molar-refractivity contribution in [3.8, 4) is 0 Å². The molecule has 4 heteroatoms. The van der Waals surface area contributed by atoms with Gasteiger partial charge >= 0.3 is 0 Å². The Morgan fingerprint density at radius 3 is 2.72 bits per heavy atom. The van der Waals surface area contributed by atoms with Gasteiger partial charge in [-0.05, 0) is 25.7 Å². The van der Waals surface area contributed by atoms with E-state index in [4.69, 9.17) is 10.5 Å². The number of likely N-dealkylation sites (tertiary alicyclic amines) is 1. The summed E-state index contributed by atoms with van der Waals surface area (Å²) in [5.41, 5.74) is 6.11. The van der Waals surface area contributed by atoms with Crippen LogP contribution in [0.25, 0.3) is 0 Å². The van der Waals surface area contributed by atoms with Crippen molar-refractivity contribution in [2.24, 2.45) is 5.73 Å². The molecule has 1 aliphatic heterocycles. The van der Waals surface area contributed by atoms with E-state index in [1.807, 2.05) is 4.90 Å². The Kier molecular flexibility index (Phi) is 4.62. The van der Waals surface area contributed by atoms with E-state index in [2.05, 4.69) is 0 Å². The molecule has 2 aliphatic rings. The van der Waals surface area contributed by atoms with Crippen molar-refractivity contribution in [3.63, 3.8) is 0 Å². The summed E-state index contributed by atoms with van der Waals surface area (Å²) in [6.07, 6.45) is 8.44.